The van der Waals surface area contributed by atoms with Crippen molar-refractivity contribution in [1.82, 2.24) is 0 Å². The first-order chi connectivity index (χ1) is 11.2. The molecule has 2 N–H and O–H groups in total. The van der Waals surface area contributed by atoms with Crippen LogP contribution in [0.3, 0.4) is 0 Å². The van der Waals surface area contributed by atoms with Gasteiger partial charge in [0.2, 0.25) is 0 Å². The highest BCUT2D eigenvalue weighted by Crippen LogP contribution is 2.66. The van der Waals surface area contributed by atoms with Gasteiger partial charge in [-0.25, -0.2) is 4.57 Å². The van der Waals surface area contributed by atoms with Crippen LogP contribution in [-0.2, 0) is 4.57 Å². The van der Waals surface area contributed by atoms with Crippen LogP contribution in [0.25, 0.3) is 0 Å². The predicted octanol–water partition coefficient (Wildman–Crippen LogP) is 5.35. The lowest BCUT2D eigenvalue weighted by atomic mass is 9.88. The average Bonchev–Trinajstić information content (AvgIpc) is 2.53. The van der Waals surface area contributed by atoms with Crippen molar-refractivity contribution < 1.29 is 23.8 Å². The van der Waals surface area contributed by atoms with Gasteiger partial charge < -0.3 is 19.3 Å². The third-order valence-electron chi connectivity index (χ3n) is 4.55. The van der Waals surface area contributed by atoms with E-state index in [1.807, 2.05) is 0 Å². The SMILES string of the molecule is Cc1c(O)c(Br)cc2c1OP1(=O)CC2c2cc(Br)c(O)c(C)c2O1. The topological polar surface area (TPSA) is 76.0 Å². The molecule has 5 nitrogen and oxygen atoms in total. The number of hydrogen-bond donors (Lipinski definition) is 2. The summed E-state index contributed by atoms with van der Waals surface area (Å²) in [6.45, 7) is 3.43. The first-order valence-corrected chi connectivity index (χ1v) is 10.6. The minimum Gasteiger partial charge on any atom is -0.506 e. The average molecular weight is 476 g/mol. The van der Waals surface area contributed by atoms with E-state index in [1.54, 1.807) is 26.0 Å². The summed E-state index contributed by atoms with van der Waals surface area (Å²) in [6.07, 6.45) is 0.223. The summed E-state index contributed by atoms with van der Waals surface area (Å²) in [6, 6.07) is 3.58. The van der Waals surface area contributed by atoms with Gasteiger partial charge in [0, 0.05) is 28.2 Å². The Balaban J connectivity index is 2.05. The van der Waals surface area contributed by atoms with Gasteiger partial charge in [0.1, 0.15) is 23.0 Å². The third kappa shape index (κ3) is 2.14. The molecule has 0 atom stereocenters. The molecule has 0 fully saturated rings. The van der Waals surface area contributed by atoms with Gasteiger partial charge in [-0.05, 0) is 57.8 Å². The molecular weight excluding hydrogens is 463 g/mol. The number of aromatic hydroxyl groups is 2. The van der Waals surface area contributed by atoms with Crippen LogP contribution < -0.4 is 9.05 Å². The first-order valence-electron chi connectivity index (χ1n) is 7.24. The molecule has 0 spiro atoms. The second-order valence-corrected chi connectivity index (χ2v) is 9.69. The minimum absolute atomic E-state index is 0.0600. The number of hydrogen-bond acceptors (Lipinski definition) is 5. The molecule has 0 unspecified atom stereocenters. The van der Waals surface area contributed by atoms with Crippen LogP contribution >= 0.6 is 39.5 Å². The Hall–Kier alpha value is -1.17. The normalized spacial score (nSPS) is 23.8. The number of phenols is 2. The van der Waals surface area contributed by atoms with E-state index in [0.29, 0.717) is 31.6 Å². The number of rotatable bonds is 0. The lowest BCUT2D eigenvalue weighted by molar-refractivity contribution is 0.350. The molecule has 0 amide bonds. The van der Waals surface area contributed by atoms with Gasteiger partial charge in [0.05, 0.1) is 15.1 Å². The highest BCUT2D eigenvalue weighted by molar-refractivity contribution is 9.10. The van der Waals surface area contributed by atoms with Crippen molar-refractivity contribution in [1.29, 1.82) is 0 Å². The van der Waals surface area contributed by atoms with Crippen LogP contribution in [-0.4, -0.2) is 16.4 Å². The van der Waals surface area contributed by atoms with E-state index in [0.717, 1.165) is 11.1 Å². The highest BCUT2D eigenvalue weighted by Gasteiger charge is 2.47. The molecule has 0 aromatic heterocycles. The number of benzene rings is 2. The maximum absolute atomic E-state index is 13.1. The summed E-state index contributed by atoms with van der Waals surface area (Å²) in [5.41, 5.74) is 2.72. The Morgan fingerprint density at radius 2 is 1.42 bits per heavy atom. The zero-order valence-corrected chi connectivity index (χ0v) is 16.8. The van der Waals surface area contributed by atoms with Gasteiger partial charge in [-0.1, -0.05) is 0 Å². The molecule has 2 aromatic rings. The molecule has 2 heterocycles. The molecular formula is C16H13Br2O5P. The Morgan fingerprint density at radius 1 is 1.00 bits per heavy atom. The van der Waals surface area contributed by atoms with Gasteiger partial charge in [0.25, 0.3) is 0 Å². The van der Waals surface area contributed by atoms with Crippen LogP contribution in [0.1, 0.15) is 28.2 Å². The molecule has 8 heteroatoms. The van der Waals surface area contributed by atoms with Crippen molar-refractivity contribution in [3.05, 3.63) is 43.3 Å². The van der Waals surface area contributed by atoms with Gasteiger partial charge in [-0.3, -0.25) is 0 Å². The summed E-state index contributed by atoms with van der Waals surface area (Å²) in [4.78, 5) is 0. The third-order valence-corrected chi connectivity index (χ3v) is 7.49. The second-order valence-electron chi connectivity index (χ2n) is 6.03. The smallest absolute Gasteiger partial charge is 0.431 e. The molecule has 24 heavy (non-hydrogen) atoms. The number of fused-ring (bicyclic) bond motifs is 6. The van der Waals surface area contributed by atoms with E-state index < -0.39 is 7.60 Å². The van der Waals surface area contributed by atoms with Crippen LogP contribution in [0.4, 0.5) is 0 Å². The predicted molar refractivity (Wildman–Crippen MR) is 96.7 cm³/mol. The molecule has 0 saturated carbocycles. The van der Waals surface area contributed by atoms with Crippen molar-refractivity contribution in [3.63, 3.8) is 0 Å². The zero-order chi connectivity index (χ0) is 17.4. The molecule has 0 radical (unpaired) electrons. The van der Waals surface area contributed by atoms with E-state index in [4.69, 9.17) is 9.05 Å². The van der Waals surface area contributed by atoms with Crippen molar-refractivity contribution in [2.45, 2.75) is 19.8 Å². The van der Waals surface area contributed by atoms with Crippen molar-refractivity contribution in [2.75, 3.05) is 6.16 Å². The summed E-state index contributed by atoms with van der Waals surface area (Å²) in [5.74, 6) is 0.731. The van der Waals surface area contributed by atoms with Gasteiger partial charge >= 0.3 is 7.60 Å². The Bertz CT molecular complexity index is 885. The van der Waals surface area contributed by atoms with Crippen LogP contribution in [0.2, 0.25) is 0 Å². The molecule has 2 aliphatic rings. The maximum atomic E-state index is 13.1. The molecule has 2 aliphatic heterocycles. The van der Waals surface area contributed by atoms with E-state index in [-0.39, 0.29) is 23.6 Å². The van der Waals surface area contributed by atoms with E-state index in [2.05, 4.69) is 31.9 Å². The van der Waals surface area contributed by atoms with Crippen LogP contribution in [0.15, 0.2) is 21.1 Å². The molecule has 2 bridgehead atoms. The second kappa shape index (κ2) is 5.16. The molecule has 4 rings (SSSR count). The molecule has 126 valence electrons. The quantitative estimate of drug-likeness (QED) is 0.502. The molecule has 2 aromatic carbocycles. The Morgan fingerprint density at radius 3 is 1.83 bits per heavy atom. The fourth-order valence-electron chi connectivity index (χ4n) is 3.27. The maximum Gasteiger partial charge on any atom is 0.431 e. The van der Waals surface area contributed by atoms with Crippen molar-refractivity contribution in [2.24, 2.45) is 0 Å². The van der Waals surface area contributed by atoms with Crippen LogP contribution in [0, 0.1) is 13.8 Å². The summed E-state index contributed by atoms with van der Waals surface area (Å²) < 4.78 is 25.6. The number of phenolic OH excluding ortho intramolecular Hbond substituents is 2. The van der Waals surface area contributed by atoms with Crippen molar-refractivity contribution in [3.8, 4) is 23.0 Å². The molecule has 0 aliphatic carbocycles. The summed E-state index contributed by atoms with van der Waals surface area (Å²) in [5, 5.41) is 20.3. The first kappa shape index (κ1) is 16.3. The lowest BCUT2D eigenvalue weighted by Gasteiger charge is -2.38. The summed E-state index contributed by atoms with van der Waals surface area (Å²) in [7, 11) is -3.40. The fourth-order valence-corrected chi connectivity index (χ4v) is 6.42. The fraction of sp³-hybridized carbons (Fsp3) is 0.250. The zero-order valence-electron chi connectivity index (χ0n) is 12.8. The standard InChI is InChI=1S/C16H13Br2O5P/c1-6-13(19)11(17)3-8-10-5-24(21,22-15(6)8)23-16-7(2)14(20)12(18)4-9(10)16/h3-4,10,19-20H,5H2,1-2H3. The highest BCUT2D eigenvalue weighted by atomic mass is 79.9. The number of halogens is 2. The lowest BCUT2D eigenvalue weighted by Crippen LogP contribution is -2.25. The largest absolute Gasteiger partial charge is 0.506 e. The van der Waals surface area contributed by atoms with Gasteiger partial charge in [-0.2, -0.15) is 0 Å². The van der Waals surface area contributed by atoms with Crippen molar-refractivity contribution >= 4 is 39.5 Å². The van der Waals surface area contributed by atoms with Gasteiger partial charge in [-0.15, -0.1) is 0 Å². The summed E-state index contributed by atoms with van der Waals surface area (Å²) >= 11 is 6.71. The monoisotopic (exact) mass is 474 g/mol. The van der Waals surface area contributed by atoms with E-state index in [1.165, 1.54) is 0 Å². The van der Waals surface area contributed by atoms with E-state index >= 15 is 0 Å². The van der Waals surface area contributed by atoms with Crippen LogP contribution in [0.5, 0.6) is 23.0 Å². The van der Waals surface area contributed by atoms with E-state index in [9.17, 15) is 14.8 Å². The van der Waals surface area contributed by atoms with Gasteiger partial charge in [0.15, 0.2) is 0 Å². The Kier molecular flexibility index (Phi) is 3.51. The Labute approximate surface area is 155 Å². The minimum atomic E-state index is -3.40. The molecule has 0 saturated heterocycles.